The third kappa shape index (κ3) is 4.60. The van der Waals surface area contributed by atoms with E-state index in [0.29, 0.717) is 6.04 Å². The highest BCUT2D eigenvalue weighted by Crippen LogP contribution is 2.28. The molecular formula is C18H30N4O. The number of amides is 1. The van der Waals surface area contributed by atoms with Gasteiger partial charge in [0.25, 0.3) is 0 Å². The molecule has 0 unspecified atom stereocenters. The highest BCUT2D eigenvalue weighted by atomic mass is 16.2. The number of rotatable bonds is 3. The predicted molar refractivity (Wildman–Crippen MR) is 96.2 cm³/mol. The van der Waals surface area contributed by atoms with E-state index in [2.05, 4.69) is 38.2 Å². The SMILES string of the molecule is CC(=O)N1CCC(Nc2cc(C(C)(C)C)cc(N(C)C)n2)CC1. The van der Waals surface area contributed by atoms with Crippen LogP contribution in [-0.2, 0) is 10.2 Å². The van der Waals surface area contributed by atoms with Crippen LogP contribution in [-0.4, -0.2) is 49.0 Å². The number of likely N-dealkylation sites (tertiary alicyclic amines) is 1. The average molecular weight is 318 g/mol. The van der Waals surface area contributed by atoms with Crippen molar-refractivity contribution in [2.75, 3.05) is 37.4 Å². The lowest BCUT2D eigenvalue weighted by molar-refractivity contribution is -0.129. The van der Waals surface area contributed by atoms with Gasteiger partial charge in [-0.05, 0) is 36.0 Å². The molecule has 1 aliphatic rings. The van der Waals surface area contributed by atoms with Crippen LogP contribution in [0.25, 0.3) is 0 Å². The van der Waals surface area contributed by atoms with Gasteiger partial charge in [0.1, 0.15) is 11.6 Å². The Morgan fingerprint density at radius 2 is 1.87 bits per heavy atom. The summed E-state index contributed by atoms with van der Waals surface area (Å²) in [6.07, 6.45) is 1.94. The standard InChI is InChI=1S/C18H30N4O/c1-13(23)22-9-7-15(8-10-22)19-16-11-14(18(2,3)4)12-17(20-16)21(5)6/h11-12,15H,7-10H2,1-6H3,(H,19,20). The van der Waals surface area contributed by atoms with Crippen LogP contribution in [0.5, 0.6) is 0 Å². The summed E-state index contributed by atoms with van der Waals surface area (Å²) in [6, 6.07) is 4.69. The minimum absolute atomic E-state index is 0.0854. The fraction of sp³-hybridized carbons (Fsp3) is 0.667. The first-order valence-corrected chi connectivity index (χ1v) is 8.39. The molecule has 128 valence electrons. The first-order chi connectivity index (χ1) is 10.7. The van der Waals surface area contributed by atoms with E-state index in [4.69, 9.17) is 4.98 Å². The molecule has 0 spiro atoms. The van der Waals surface area contributed by atoms with Gasteiger partial charge in [-0.25, -0.2) is 4.98 Å². The second-order valence-corrected chi connectivity index (χ2v) is 7.67. The first kappa shape index (κ1) is 17.6. The van der Waals surface area contributed by atoms with E-state index >= 15 is 0 Å². The third-order valence-corrected chi connectivity index (χ3v) is 4.43. The van der Waals surface area contributed by atoms with Crippen molar-refractivity contribution in [3.63, 3.8) is 0 Å². The van der Waals surface area contributed by atoms with E-state index in [0.717, 1.165) is 37.6 Å². The number of piperidine rings is 1. The van der Waals surface area contributed by atoms with E-state index in [1.54, 1.807) is 6.92 Å². The maximum absolute atomic E-state index is 11.4. The molecule has 0 bridgehead atoms. The van der Waals surface area contributed by atoms with Gasteiger partial charge in [0.2, 0.25) is 5.91 Å². The van der Waals surface area contributed by atoms with Crippen LogP contribution in [0.1, 0.15) is 46.1 Å². The van der Waals surface area contributed by atoms with Gasteiger partial charge in [-0.15, -0.1) is 0 Å². The van der Waals surface area contributed by atoms with Crippen molar-refractivity contribution in [1.82, 2.24) is 9.88 Å². The first-order valence-electron chi connectivity index (χ1n) is 8.39. The lowest BCUT2D eigenvalue weighted by atomic mass is 9.87. The van der Waals surface area contributed by atoms with Crippen LogP contribution in [0.15, 0.2) is 12.1 Å². The van der Waals surface area contributed by atoms with Crippen LogP contribution in [0, 0.1) is 0 Å². The molecule has 2 heterocycles. The molecule has 0 atom stereocenters. The normalized spacial score (nSPS) is 16.3. The van der Waals surface area contributed by atoms with Gasteiger partial charge in [0, 0.05) is 40.2 Å². The van der Waals surface area contributed by atoms with E-state index in [1.807, 2.05) is 23.9 Å². The van der Waals surface area contributed by atoms with E-state index in [9.17, 15) is 4.79 Å². The Morgan fingerprint density at radius 3 is 2.35 bits per heavy atom. The van der Waals surface area contributed by atoms with Gasteiger partial charge in [-0.3, -0.25) is 4.79 Å². The molecule has 1 saturated heterocycles. The monoisotopic (exact) mass is 318 g/mol. The van der Waals surface area contributed by atoms with Crippen molar-refractivity contribution in [1.29, 1.82) is 0 Å². The van der Waals surface area contributed by atoms with E-state index in [-0.39, 0.29) is 11.3 Å². The molecule has 23 heavy (non-hydrogen) atoms. The molecule has 0 aromatic carbocycles. The lowest BCUT2D eigenvalue weighted by Crippen LogP contribution is -2.41. The summed E-state index contributed by atoms with van der Waals surface area (Å²) in [5, 5.41) is 3.57. The number of hydrogen-bond acceptors (Lipinski definition) is 4. The van der Waals surface area contributed by atoms with Crippen LogP contribution in [0.3, 0.4) is 0 Å². The fourth-order valence-electron chi connectivity index (χ4n) is 2.80. The quantitative estimate of drug-likeness (QED) is 0.931. The smallest absolute Gasteiger partial charge is 0.219 e. The highest BCUT2D eigenvalue weighted by molar-refractivity contribution is 5.73. The summed E-state index contributed by atoms with van der Waals surface area (Å²) >= 11 is 0. The second-order valence-electron chi connectivity index (χ2n) is 7.67. The van der Waals surface area contributed by atoms with E-state index < -0.39 is 0 Å². The van der Waals surface area contributed by atoms with Gasteiger partial charge >= 0.3 is 0 Å². The van der Waals surface area contributed by atoms with Gasteiger partial charge < -0.3 is 15.1 Å². The molecule has 0 radical (unpaired) electrons. The number of hydrogen-bond donors (Lipinski definition) is 1. The number of pyridine rings is 1. The molecule has 5 nitrogen and oxygen atoms in total. The molecule has 0 saturated carbocycles. The number of nitrogens with zero attached hydrogens (tertiary/aromatic N) is 3. The minimum atomic E-state index is 0.0854. The lowest BCUT2D eigenvalue weighted by Gasteiger charge is -2.32. The van der Waals surface area contributed by atoms with E-state index in [1.165, 1.54) is 5.56 Å². The minimum Gasteiger partial charge on any atom is -0.367 e. The Hall–Kier alpha value is -1.78. The Labute approximate surface area is 140 Å². The molecule has 1 aromatic rings. The second kappa shape index (κ2) is 6.77. The number of carbonyl (C=O) groups is 1. The van der Waals surface area contributed by atoms with Crippen molar-refractivity contribution in [2.45, 2.75) is 52.0 Å². The summed E-state index contributed by atoms with van der Waals surface area (Å²) in [6.45, 7) is 9.95. The van der Waals surface area contributed by atoms with Crippen molar-refractivity contribution < 1.29 is 4.79 Å². The molecular weight excluding hydrogens is 288 g/mol. The molecule has 0 aliphatic carbocycles. The average Bonchev–Trinajstić information content (AvgIpc) is 2.46. The van der Waals surface area contributed by atoms with Gasteiger partial charge in [-0.2, -0.15) is 0 Å². The molecule has 5 heteroatoms. The molecule has 1 fully saturated rings. The fourth-order valence-corrected chi connectivity index (χ4v) is 2.80. The number of nitrogens with one attached hydrogen (secondary N) is 1. The molecule has 1 aromatic heterocycles. The maximum Gasteiger partial charge on any atom is 0.219 e. The zero-order valence-electron chi connectivity index (χ0n) is 15.3. The maximum atomic E-state index is 11.4. The van der Waals surface area contributed by atoms with Crippen LogP contribution < -0.4 is 10.2 Å². The summed E-state index contributed by atoms with van der Waals surface area (Å²) in [4.78, 5) is 20.1. The Morgan fingerprint density at radius 1 is 1.26 bits per heavy atom. The predicted octanol–water partition coefficient (Wildman–Crippen LogP) is 2.87. The molecule has 1 amide bonds. The Balaban J connectivity index is 2.13. The Bertz CT molecular complexity index is 555. The zero-order valence-corrected chi connectivity index (χ0v) is 15.3. The van der Waals surface area contributed by atoms with Crippen molar-refractivity contribution in [3.05, 3.63) is 17.7 Å². The zero-order chi connectivity index (χ0) is 17.2. The van der Waals surface area contributed by atoms with Crippen molar-refractivity contribution in [3.8, 4) is 0 Å². The summed E-state index contributed by atoms with van der Waals surface area (Å²) in [7, 11) is 4.04. The van der Waals surface area contributed by atoms with Crippen LogP contribution >= 0.6 is 0 Å². The Kier molecular flexibility index (Phi) is 5.17. The van der Waals surface area contributed by atoms with Gasteiger partial charge in [0.15, 0.2) is 0 Å². The van der Waals surface area contributed by atoms with Crippen molar-refractivity contribution in [2.24, 2.45) is 0 Å². The van der Waals surface area contributed by atoms with Crippen molar-refractivity contribution >= 4 is 17.5 Å². The summed E-state index contributed by atoms with van der Waals surface area (Å²) < 4.78 is 0. The van der Waals surface area contributed by atoms with Crippen LogP contribution in [0.2, 0.25) is 0 Å². The summed E-state index contributed by atoms with van der Waals surface area (Å²) in [5.74, 6) is 2.08. The number of anilines is 2. The topological polar surface area (TPSA) is 48.5 Å². The van der Waals surface area contributed by atoms with Gasteiger partial charge in [-0.1, -0.05) is 20.8 Å². The number of carbonyl (C=O) groups excluding carboxylic acids is 1. The molecule has 2 rings (SSSR count). The molecule has 1 N–H and O–H groups in total. The molecule has 1 aliphatic heterocycles. The highest BCUT2D eigenvalue weighted by Gasteiger charge is 2.22. The van der Waals surface area contributed by atoms with Crippen LogP contribution in [0.4, 0.5) is 11.6 Å². The van der Waals surface area contributed by atoms with Gasteiger partial charge in [0.05, 0.1) is 0 Å². The summed E-state index contributed by atoms with van der Waals surface area (Å²) in [5.41, 5.74) is 1.36. The largest absolute Gasteiger partial charge is 0.367 e. The number of aromatic nitrogens is 1. The third-order valence-electron chi connectivity index (χ3n) is 4.43.